The average Bonchev–Trinajstić information content (AvgIpc) is 3.29. The van der Waals surface area contributed by atoms with Gasteiger partial charge in [-0.05, 0) is 44.5 Å². The van der Waals surface area contributed by atoms with Gasteiger partial charge < -0.3 is 14.8 Å². The lowest BCUT2D eigenvalue weighted by Crippen LogP contribution is -2.58. The normalized spacial score (nSPS) is 23.8. The summed E-state index contributed by atoms with van der Waals surface area (Å²) in [6.45, 7) is 9.15. The van der Waals surface area contributed by atoms with E-state index in [1.165, 1.54) is 16.5 Å². The Kier molecular flexibility index (Phi) is 6.00. The van der Waals surface area contributed by atoms with Crippen LogP contribution in [0.5, 0.6) is 5.75 Å². The number of nitrogens with one attached hydrogen (secondary N) is 2. The van der Waals surface area contributed by atoms with Crippen molar-refractivity contribution in [2.75, 3.05) is 45.8 Å². The summed E-state index contributed by atoms with van der Waals surface area (Å²) in [5.74, 6) is 0.170. The Bertz CT molecular complexity index is 1320. The average molecular weight is 507 g/mol. The first kappa shape index (κ1) is 23.8. The molecule has 1 aromatic carbocycles. The maximum atomic E-state index is 5.72. The second kappa shape index (κ2) is 9.08. The minimum Gasteiger partial charge on any atom is -0.496 e. The van der Waals surface area contributed by atoms with Crippen LogP contribution in [0.3, 0.4) is 0 Å². The third-order valence-electron chi connectivity index (χ3n) is 7.93. The van der Waals surface area contributed by atoms with E-state index in [2.05, 4.69) is 53.6 Å². The van der Waals surface area contributed by atoms with Gasteiger partial charge in [-0.3, -0.25) is 15.1 Å². The Balaban J connectivity index is 1.48. The minimum atomic E-state index is -0.704. The zero-order valence-corrected chi connectivity index (χ0v) is 22.2. The molecule has 1 saturated heterocycles. The van der Waals surface area contributed by atoms with Crippen LogP contribution in [-0.2, 0) is 30.0 Å². The van der Waals surface area contributed by atoms with Crippen molar-refractivity contribution >= 4 is 33.6 Å². The maximum Gasteiger partial charge on any atom is 0.207 e. The Labute approximate surface area is 216 Å². The molecule has 8 nitrogen and oxygen atoms in total. The molecule has 36 heavy (non-hydrogen) atoms. The summed E-state index contributed by atoms with van der Waals surface area (Å²) in [5, 5.41) is 8.62. The molecule has 0 spiro atoms. The lowest BCUT2D eigenvalue weighted by atomic mass is 9.85. The highest BCUT2D eigenvalue weighted by Gasteiger charge is 2.45. The second-order valence-electron chi connectivity index (χ2n) is 10.4. The molecule has 1 fully saturated rings. The number of benzene rings is 1. The van der Waals surface area contributed by atoms with E-state index in [-0.39, 0.29) is 5.54 Å². The molecular formula is C27H34N6O2S. The van der Waals surface area contributed by atoms with Gasteiger partial charge in [0.15, 0.2) is 0 Å². The van der Waals surface area contributed by atoms with Crippen LogP contribution in [0.1, 0.15) is 35.4 Å². The fourth-order valence-corrected chi connectivity index (χ4v) is 6.88. The van der Waals surface area contributed by atoms with Crippen LogP contribution in [0.4, 0.5) is 5.69 Å². The third kappa shape index (κ3) is 3.81. The number of hydrogen-bond acceptors (Lipinski definition) is 9. The summed E-state index contributed by atoms with van der Waals surface area (Å²) in [6.07, 6.45) is 4.92. The van der Waals surface area contributed by atoms with Crippen molar-refractivity contribution in [1.82, 2.24) is 20.1 Å². The van der Waals surface area contributed by atoms with Crippen molar-refractivity contribution in [1.29, 1.82) is 0 Å². The van der Waals surface area contributed by atoms with E-state index in [1.54, 1.807) is 18.4 Å². The van der Waals surface area contributed by atoms with E-state index in [9.17, 15) is 0 Å². The number of fused-ring (bicyclic) bond motifs is 5. The monoisotopic (exact) mass is 506 g/mol. The van der Waals surface area contributed by atoms with Gasteiger partial charge in [-0.1, -0.05) is 18.2 Å². The molecule has 2 aromatic heterocycles. The molecule has 0 bridgehead atoms. The van der Waals surface area contributed by atoms with E-state index < -0.39 is 5.79 Å². The summed E-state index contributed by atoms with van der Waals surface area (Å²) >= 11 is 1.74. The molecule has 5 heterocycles. The summed E-state index contributed by atoms with van der Waals surface area (Å²) in [6, 6.07) is 8.16. The number of rotatable bonds is 5. The fraction of sp³-hybridized carbons (Fsp3) is 0.481. The first-order valence-corrected chi connectivity index (χ1v) is 13.4. The number of thiophene rings is 1. The zero-order chi connectivity index (χ0) is 24.9. The highest BCUT2D eigenvalue weighted by Crippen LogP contribution is 2.48. The van der Waals surface area contributed by atoms with Crippen LogP contribution in [0.2, 0.25) is 0 Å². The predicted molar refractivity (Wildman–Crippen MR) is 145 cm³/mol. The molecule has 3 aliphatic rings. The molecule has 6 rings (SSSR count). The van der Waals surface area contributed by atoms with Gasteiger partial charge in [-0.15, -0.1) is 11.3 Å². The summed E-state index contributed by atoms with van der Waals surface area (Å²) in [4.78, 5) is 17.1. The number of methoxy groups -OCH3 is 1. The van der Waals surface area contributed by atoms with Gasteiger partial charge in [0.1, 0.15) is 10.6 Å². The summed E-state index contributed by atoms with van der Waals surface area (Å²) in [7, 11) is 3.92. The molecule has 0 saturated carbocycles. The van der Waals surface area contributed by atoms with Crippen molar-refractivity contribution in [2.45, 2.75) is 44.7 Å². The molecular weight excluding hydrogens is 472 g/mol. The van der Waals surface area contributed by atoms with E-state index in [4.69, 9.17) is 19.5 Å². The van der Waals surface area contributed by atoms with Crippen molar-refractivity contribution in [3.63, 3.8) is 0 Å². The standard InChI is InChI=1S/C27H34N6O2S/c1-26(2)13-20-19(16-32(26)3)14-28-25-22(20)23-24(36-25)27(31-17-29-23,33-9-11-35-12-10-33)30-15-18-7-5-6-8-21(18)34-4/h5-8,14,17,30H,9-13,15-16H2,1-4H3,(H,29,31). The third-order valence-corrected chi connectivity index (χ3v) is 9.13. The highest BCUT2D eigenvalue weighted by atomic mass is 32.1. The van der Waals surface area contributed by atoms with E-state index in [1.807, 2.05) is 24.5 Å². The number of ether oxygens (including phenoxy) is 2. The van der Waals surface area contributed by atoms with Gasteiger partial charge in [0.2, 0.25) is 5.79 Å². The molecule has 1 atom stereocenters. The van der Waals surface area contributed by atoms with Gasteiger partial charge in [0, 0.05) is 48.9 Å². The molecule has 3 aliphatic heterocycles. The highest BCUT2D eigenvalue weighted by molar-refractivity contribution is 7.19. The van der Waals surface area contributed by atoms with Crippen LogP contribution < -0.4 is 15.4 Å². The number of morpholine rings is 1. The van der Waals surface area contributed by atoms with Crippen LogP contribution in [0, 0.1) is 0 Å². The summed E-state index contributed by atoms with van der Waals surface area (Å²) < 4.78 is 11.4. The first-order valence-electron chi connectivity index (χ1n) is 12.6. The molecule has 0 amide bonds. The van der Waals surface area contributed by atoms with E-state index in [0.29, 0.717) is 19.8 Å². The predicted octanol–water partition coefficient (Wildman–Crippen LogP) is 3.76. The molecule has 2 N–H and O–H groups in total. The van der Waals surface area contributed by atoms with Gasteiger partial charge in [-0.25, -0.2) is 9.98 Å². The smallest absolute Gasteiger partial charge is 0.207 e. The van der Waals surface area contributed by atoms with Crippen molar-refractivity contribution in [3.05, 3.63) is 52.0 Å². The summed E-state index contributed by atoms with van der Waals surface area (Å²) in [5.41, 5.74) is 5.04. The number of likely N-dealkylation sites (N-methyl/N-ethyl adjacent to an activating group) is 1. The van der Waals surface area contributed by atoms with Gasteiger partial charge in [0.05, 0.1) is 37.2 Å². The Hall–Kier alpha value is -2.56. The Morgan fingerprint density at radius 1 is 1.22 bits per heavy atom. The van der Waals surface area contributed by atoms with Crippen LogP contribution in [0.15, 0.2) is 35.5 Å². The van der Waals surface area contributed by atoms with E-state index >= 15 is 0 Å². The zero-order valence-electron chi connectivity index (χ0n) is 21.4. The largest absolute Gasteiger partial charge is 0.496 e. The Morgan fingerprint density at radius 2 is 2.03 bits per heavy atom. The quantitative estimate of drug-likeness (QED) is 0.546. The fourth-order valence-electron chi connectivity index (χ4n) is 5.59. The first-order chi connectivity index (χ1) is 17.4. The molecule has 3 aromatic rings. The lowest BCUT2D eigenvalue weighted by Gasteiger charge is -2.44. The topological polar surface area (TPSA) is 74.2 Å². The number of para-hydroxylation sites is 1. The number of aliphatic imine (C=N–C) groups is 1. The van der Waals surface area contributed by atoms with Crippen LogP contribution in [-0.4, -0.2) is 67.1 Å². The number of aromatic nitrogens is 1. The number of hydrogen-bond donors (Lipinski definition) is 2. The van der Waals surface area contributed by atoms with Gasteiger partial charge >= 0.3 is 0 Å². The van der Waals surface area contributed by atoms with Crippen LogP contribution in [0.25, 0.3) is 10.2 Å². The number of anilines is 1. The van der Waals surface area contributed by atoms with Gasteiger partial charge in [-0.2, -0.15) is 0 Å². The Morgan fingerprint density at radius 3 is 2.83 bits per heavy atom. The molecule has 9 heteroatoms. The van der Waals surface area contributed by atoms with Crippen molar-refractivity contribution in [3.8, 4) is 5.75 Å². The SMILES string of the molecule is COc1ccccc1CNC1(N2CCOCC2)N=CNc2c1sc1ncc3c(c21)CC(C)(C)N(C)C3. The molecule has 1 unspecified atom stereocenters. The maximum absolute atomic E-state index is 5.72. The number of pyridine rings is 1. The van der Waals surface area contributed by atoms with Crippen LogP contribution >= 0.6 is 11.3 Å². The molecule has 0 aliphatic carbocycles. The van der Waals surface area contributed by atoms with Gasteiger partial charge in [0.25, 0.3) is 0 Å². The molecule has 0 radical (unpaired) electrons. The minimum absolute atomic E-state index is 0.0856. The number of nitrogens with zero attached hydrogens (tertiary/aromatic N) is 4. The lowest BCUT2D eigenvalue weighted by molar-refractivity contribution is -0.0359. The second-order valence-corrected chi connectivity index (χ2v) is 11.4. The van der Waals surface area contributed by atoms with Crippen molar-refractivity contribution in [2.24, 2.45) is 4.99 Å². The van der Waals surface area contributed by atoms with Crippen molar-refractivity contribution < 1.29 is 9.47 Å². The van der Waals surface area contributed by atoms with E-state index in [0.717, 1.165) is 52.8 Å². The molecule has 190 valence electrons.